The lowest BCUT2D eigenvalue weighted by Gasteiger charge is -2.21. The van der Waals surface area contributed by atoms with Crippen molar-refractivity contribution in [2.45, 2.75) is 17.9 Å². The second-order valence-corrected chi connectivity index (χ2v) is 9.60. The summed E-state index contributed by atoms with van der Waals surface area (Å²) in [6, 6.07) is 13.0. The van der Waals surface area contributed by atoms with Crippen LogP contribution in [0.3, 0.4) is 0 Å². The molecule has 0 amide bonds. The quantitative estimate of drug-likeness (QED) is 0.450. The van der Waals surface area contributed by atoms with Crippen molar-refractivity contribution in [2.24, 2.45) is 0 Å². The van der Waals surface area contributed by atoms with Crippen LogP contribution in [0.25, 0.3) is 10.9 Å². The van der Waals surface area contributed by atoms with Crippen LogP contribution < -0.4 is 0 Å². The minimum atomic E-state index is -3.82. The number of benzene rings is 2. The van der Waals surface area contributed by atoms with Gasteiger partial charge in [-0.2, -0.15) is 4.31 Å². The summed E-state index contributed by atoms with van der Waals surface area (Å²) in [5, 5.41) is 2.63. The molecule has 2 aromatic heterocycles. The summed E-state index contributed by atoms with van der Waals surface area (Å²) in [7, 11) is -3.82. The summed E-state index contributed by atoms with van der Waals surface area (Å²) in [6.07, 6.45) is 2.19. The van der Waals surface area contributed by atoms with Gasteiger partial charge in [0.25, 0.3) is 0 Å². The lowest BCUT2D eigenvalue weighted by molar-refractivity contribution is 0.412. The summed E-state index contributed by atoms with van der Waals surface area (Å²) in [6.45, 7) is 0.426. The number of nitrogens with zero attached hydrogens (tertiary/aromatic N) is 1. The number of nitrogens with one attached hydrogen (secondary N) is 1. The van der Waals surface area contributed by atoms with Crippen molar-refractivity contribution in [1.82, 2.24) is 9.29 Å². The maximum atomic E-state index is 13.6. The van der Waals surface area contributed by atoms with Crippen LogP contribution in [0.2, 0.25) is 0 Å². The van der Waals surface area contributed by atoms with E-state index in [0.29, 0.717) is 6.42 Å². The van der Waals surface area contributed by atoms with Gasteiger partial charge in [-0.1, -0.05) is 6.07 Å². The van der Waals surface area contributed by atoms with Crippen LogP contribution in [-0.2, 0) is 23.0 Å². The number of aromatic amines is 1. The average Bonchev–Trinajstić information content (AvgIpc) is 3.35. The molecule has 0 unspecified atom stereocenters. The SMILES string of the molecule is O=S(=O)(c1ccc(F)cc1)N(CCc1c[nH]c2ccc(F)cc12)Cc1cccs1. The van der Waals surface area contributed by atoms with Crippen molar-refractivity contribution < 1.29 is 17.2 Å². The van der Waals surface area contributed by atoms with Crippen LogP contribution in [-0.4, -0.2) is 24.3 Å². The maximum absolute atomic E-state index is 13.6. The van der Waals surface area contributed by atoms with E-state index in [-0.39, 0.29) is 23.8 Å². The summed E-state index contributed by atoms with van der Waals surface area (Å²) in [4.78, 5) is 4.03. The Morgan fingerprint density at radius 1 is 1.00 bits per heavy atom. The zero-order chi connectivity index (χ0) is 20.4. The van der Waals surface area contributed by atoms with E-state index in [9.17, 15) is 17.2 Å². The Morgan fingerprint density at radius 3 is 2.48 bits per heavy atom. The summed E-state index contributed by atoms with van der Waals surface area (Å²) >= 11 is 1.47. The average molecular weight is 433 g/mol. The third kappa shape index (κ3) is 4.24. The van der Waals surface area contributed by atoms with Gasteiger partial charge in [-0.25, -0.2) is 17.2 Å². The van der Waals surface area contributed by atoms with Crippen LogP contribution in [0.4, 0.5) is 8.78 Å². The monoisotopic (exact) mass is 432 g/mol. The zero-order valence-corrected chi connectivity index (χ0v) is 16.9. The first-order chi connectivity index (χ1) is 13.9. The molecule has 0 spiro atoms. The highest BCUT2D eigenvalue weighted by atomic mass is 32.2. The van der Waals surface area contributed by atoms with Crippen LogP contribution in [0.5, 0.6) is 0 Å². The Balaban J connectivity index is 1.63. The van der Waals surface area contributed by atoms with Gasteiger partial charge in [0.05, 0.1) is 4.90 Å². The van der Waals surface area contributed by atoms with Gasteiger partial charge in [0, 0.05) is 35.1 Å². The highest BCUT2D eigenvalue weighted by molar-refractivity contribution is 7.89. The highest BCUT2D eigenvalue weighted by Gasteiger charge is 2.25. The molecule has 1 N–H and O–H groups in total. The Hall–Kier alpha value is -2.55. The predicted molar refractivity (Wildman–Crippen MR) is 110 cm³/mol. The molecular weight excluding hydrogens is 414 g/mol. The molecule has 0 fully saturated rings. The molecular formula is C21H18F2N2O2S2. The molecule has 2 aromatic carbocycles. The standard InChI is InChI=1S/C21H18F2N2O2S2/c22-16-3-6-19(7-4-16)29(26,27)25(14-18-2-1-11-28-18)10-9-15-13-24-21-8-5-17(23)12-20(15)21/h1-8,11-13,24H,9-10,14H2. The van der Waals surface area contributed by atoms with E-state index in [1.54, 1.807) is 12.3 Å². The Kier molecular flexibility index (Phi) is 5.49. The van der Waals surface area contributed by atoms with Gasteiger partial charge in [0.2, 0.25) is 10.0 Å². The van der Waals surface area contributed by atoms with E-state index in [0.717, 1.165) is 33.5 Å². The van der Waals surface area contributed by atoms with E-state index >= 15 is 0 Å². The fourth-order valence-electron chi connectivity index (χ4n) is 3.22. The maximum Gasteiger partial charge on any atom is 0.243 e. The number of aromatic nitrogens is 1. The summed E-state index contributed by atoms with van der Waals surface area (Å²) in [5.74, 6) is -0.831. The van der Waals surface area contributed by atoms with E-state index in [1.807, 2.05) is 17.5 Å². The number of hydrogen-bond acceptors (Lipinski definition) is 3. The van der Waals surface area contributed by atoms with Crippen molar-refractivity contribution in [3.8, 4) is 0 Å². The van der Waals surface area contributed by atoms with Crippen LogP contribution in [0.15, 0.2) is 71.1 Å². The van der Waals surface area contributed by atoms with Gasteiger partial charge in [-0.3, -0.25) is 0 Å². The first-order valence-electron chi connectivity index (χ1n) is 8.97. The van der Waals surface area contributed by atoms with E-state index < -0.39 is 15.8 Å². The molecule has 0 atom stereocenters. The van der Waals surface area contributed by atoms with Gasteiger partial charge in [0.15, 0.2) is 0 Å². The van der Waals surface area contributed by atoms with Gasteiger partial charge < -0.3 is 4.98 Å². The topological polar surface area (TPSA) is 53.2 Å². The molecule has 0 saturated heterocycles. The molecule has 2 heterocycles. The van der Waals surface area contributed by atoms with Crippen molar-refractivity contribution in [3.05, 3.63) is 88.2 Å². The molecule has 0 radical (unpaired) electrons. The first-order valence-corrected chi connectivity index (χ1v) is 11.3. The number of H-pyrrole nitrogens is 1. The zero-order valence-electron chi connectivity index (χ0n) is 15.3. The van der Waals surface area contributed by atoms with Gasteiger partial charge >= 0.3 is 0 Å². The van der Waals surface area contributed by atoms with Crippen LogP contribution in [0, 0.1) is 11.6 Å². The smallest absolute Gasteiger partial charge is 0.243 e. The second-order valence-electron chi connectivity index (χ2n) is 6.63. The molecule has 0 aliphatic rings. The number of thiophene rings is 1. The lowest BCUT2D eigenvalue weighted by atomic mass is 10.1. The molecule has 0 aliphatic carbocycles. The van der Waals surface area contributed by atoms with Crippen LogP contribution >= 0.6 is 11.3 Å². The molecule has 4 rings (SSSR count). The number of hydrogen-bond donors (Lipinski definition) is 1. The molecule has 0 bridgehead atoms. The fourth-order valence-corrected chi connectivity index (χ4v) is 5.44. The molecule has 4 nitrogen and oxygen atoms in total. The van der Waals surface area contributed by atoms with Crippen molar-refractivity contribution in [1.29, 1.82) is 0 Å². The first kappa shape index (κ1) is 19.8. The molecule has 0 saturated carbocycles. The number of sulfonamides is 1. The van der Waals surface area contributed by atoms with Gasteiger partial charge in [-0.15, -0.1) is 11.3 Å². The molecule has 150 valence electrons. The second kappa shape index (κ2) is 8.06. The third-order valence-corrected chi connectivity index (χ3v) is 7.44. The predicted octanol–water partition coefficient (Wildman–Crippen LogP) is 4.94. The van der Waals surface area contributed by atoms with Crippen molar-refractivity contribution in [2.75, 3.05) is 6.54 Å². The molecule has 4 aromatic rings. The highest BCUT2D eigenvalue weighted by Crippen LogP contribution is 2.24. The lowest BCUT2D eigenvalue weighted by Crippen LogP contribution is -2.32. The minimum Gasteiger partial charge on any atom is -0.361 e. The number of fused-ring (bicyclic) bond motifs is 1. The normalized spacial score (nSPS) is 12.1. The third-order valence-electron chi connectivity index (χ3n) is 4.72. The van der Waals surface area contributed by atoms with E-state index in [1.165, 1.54) is 39.9 Å². The van der Waals surface area contributed by atoms with Crippen molar-refractivity contribution in [3.63, 3.8) is 0 Å². The Labute approximate surface area is 171 Å². The summed E-state index contributed by atoms with van der Waals surface area (Å²) < 4.78 is 54.6. The number of rotatable bonds is 7. The van der Waals surface area contributed by atoms with E-state index in [2.05, 4.69) is 4.98 Å². The molecule has 0 aliphatic heterocycles. The Morgan fingerprint density at radius 2 is 1.76 bits per heavy atom. The van der Waals surface area contributed by atoms with Gasteiger partial charge in [0.1, 0.15) is 11.6 Å². The Bertz CT molecular complexity index is 1220. The van der Waals surface area contributed by atoms with Crippen molar-refractivity contribution >= 4 is 32.3 Å². The number of halogens is 2. The minimum absolute atomic E-state index is 0.0421. The molecule has 29 heavy (non-hydrogen) atoms. The van der Waals surface area contributed by atoms with Crippen LogP contribution in [0.1, 0.15) is 10.4 Å². The van der Waals surface area contributed by atoms with Gasteiger partial charge in [-0.05, 0) is 65.9 Å². The fraction of sp³-hybridized carbons (Fsp3) is 0.143. The molecule has 8 heteroatoms. The largest absolute Gasteiger partial charge is 0.361 e. The van der Waals surface area contributed by atoms with E-state index in [4.69, 9.17) is 0 Å². The summed E-state index contributed by atoms with van der Waals surface area (Å²) in [5.41, 5.74) is 1.64.